The second-order valence-corrected chi connectivity index (χ2v) is 6.24. The lowest BCUT2D eigenvalue weighted by Crippen LogP contribution is -2.16. The zero-order valence-electron chi connectivity index (χ0n) is 13.7. The van der Waals surface area contributed by atoms with Gasteiger partial charge in [0.05, 0.1) is 12.7 Å². The number of hydrogen-bond acceptors (Lipinski definition) is 6. The molecule has 2 aromatic rings. The lowest BCUT2D eigenvalue weighted by Gasteiger charge is -2.15. The number of nitrogens with one attached hydrogen (secondary N) is 1. The summed E-state index contributed by atoms with van der Waals surface area (Å²) in [5.74, 6) is 0.314. The van der Waals surface area contributed by atoms with Crippen LogP contribution in [0.1, 0.15) is 30.4 Å². The summed E-state index contributed by atoms with van der Waals surface area (Å²) in [5.41, 5.74) is 5.47. The van der Waals surface area contributed by atoms with Crippen molar-refractivity contribution in [2.75, 3.05) is 12.3 Å². The Morgan fingerprint density at radius 3 is 2.54 bits per heavy atom. The number of halogens is 1. The topological polar surface area (TPSA) is 139 Å². The number of anilines is 1. The number of unbranched alkanes of at least 4 members (excludes halogenated alkanes) is 2. The van der Waals surface area contributed by atoms with Gasteiger partial charge in [0.1, 0.15) is 34.8 Å². The monoisotopic (exact) mass is 411 g/mol. The van der Waals surface area contributed by atoms with Crippen molar-refractivity contribution in [2.45, 2.75) is 19.3 Å². The first-order valence-electron chi connectivity index (χ1n) is 7.69. The number of aromatic amines is 1. The molecule has 0 saturated heterocycles. The van der Waals surface area contributed by atoms with Crippen LogP contribution in [-0.2, 0) is 0 Å². The number of aromatic nitrogens is 1. The molecule has 0 amide bonds. The highest BCUT2D eigenvalue weighted by atomic mass is 79.9. The number of pyridine rings is 1. The number of nitrogens with zero attached hydrogens (tertiary/aromatic N) is 3. The second-order valence-electron chi connectivity index (χ2n) is 5.32. The van der Waals surface area contributed by atoms with E-state index < -0.39 is 5.56 Å². The van der Waals surface area contributed by atoms with Gasteiger partial charge in [-0.3, -0.25) is 4.79 Å². The Morgan fingerprint density at radius 1 is 1.15 bits per heavy atom. The highest BCUT2D eigenvalue weighted by Gasteiger charge is 2.21. The highest BCUT2D eigenvalue weighted by Crippen LogP contribution is 2.37. The minimum atomic E-state index is -0.668. The van der Waals surface area contributed by atoms with Crippen LogP contribution >= 0.6 is 15.9 Å². The van der Waals surface area contributed by atoms with Gasteiger partial charge in [-0.2, -0.15) is 15.8 Å². The molecule has 0 bridgehead atoms. The summed E-state index contributed by atoms with van der Waals surface area (Å²) < 4.78 is 6.46. The first kappa shape index (κ1) is 19.1. The molecule has 7 nitrogen and oxygen atoms in total. The quantitative estimate of drug-likeness (QED) is 0.699. The van der Waals surface area contributed by atoms with Crippen molar-refractivity contribution >= 4 is 21.7 Å². The fourth-order valence-electron chi connectivity index (χ4n) is 2.42. The standard InChI is InChI=1S/C18H14BrN5O2/c19-11-4-5-15(26-7-3-1-2-6-20)12(8-11)16-13(9-21)17(23)24-18(25)14(16)10-22/h4-5,8H,1-3,7H2,(H3,23,24,25). The lowest BCUT2D eigenvalue weighted by molar-refractivity contribution is 0.309. The van der Waals surface area contributed by atoms with Crippen molar-refractivity contribution in [3.63, 3.8) is 0 Å². The van der Waals surface area contributed by atoms with Gasteiger partial charge in [0.25, 0.3) is 5.56 Å². The van der Waals surface area contributed by atoms with Crippen LogP contribution in [0.3, 0.4) is 0 Å². The molecular weight excluding hydrogens is 398 g/mol. The lowest BCUT2D eigenvalue weighted by atomic mass is 9.96. The van der Waals surface area contributed by atoms with Gasteiger partial charge in [0.2, 0.25) is 0 Å². The van der Waals surface area contributed by atoms with Crippen molar-refractivity contribution in [1.29, 1.82) is 15.8 Å². The van der Waals surface area contributed by atoms with Gasteiger partial charge in [-0.25, -0.2) is 0 Å². The third-order valence-corrected chi connectivity index (χ3v) is 4.11. The molecule has 0 fully saturated rings. The molecule has 130 valence electrons. The molecule has 8 heteroatoms. The summed E-state index contributed by atoms with van der Waals surface area (Å²) in [6, 6.07) is 11.0. The zero-order chi connectivity index (χ0) is 19.1. The Labute approximate surface area is 158 Å². The van der Waals surface area contributed by atoms with E-state index in [1.54, 1.807) is 18.2 Å². The maximum Gasteiger partial charge on any atom is 0.268 e. The van der Waals surface area contributed by atoms with Gasteiger partial charge in [-0.05, 0) is 31.0 Å². The second kappa shape index (κ2) is 8.71. The molecule has 0 unspecified atom stereocenters. The predicted octanol–water partition coefficient (Wildman–Crippen LogP) is 3.20. The Morgan fingerprint density at radius 2 is 1.88 bits per heavy atom. The van der Waals surface area contributed by atoms with Gasteiger partial charge in [0, 0.05) is 22.0 Å². The number of nitrogens with two attached hydrogens (primary N) is 1. The molecule has 0 spiro atoms. The van der Waals surface area contributed by atoms with Gasteiger partial charge in [-0.1, -0.05) is 15.9 Å². The number of H-pyrrole nitrogens is 1. The first-order chi connectivity index (χ1) is 12.5. The van der Waals surface area contributed by atoms with E-state index in [0.717, 1.165) is 0 Å². The van der Waals surface area contributed by atoms with E-state index in [1.807, 2.05) is 12.1 Å². The van der Waals surface area contributed by atoms with Crippen LogP contribution < -0.4 is 16.0 Å². The fraction of sp³-hybridized carbons (Fsp3) is 0.222. The summed E-state index contributed by atoms with van der Waals surface area (Å²) in [4.78, 5) is 14.4. The van der Waals surface area contributed by atoms with Crippen molar-refractivity contribution in [1.82, 2.24) is 4.98 Å². The summed E-state index contributed by atoms with van der Waals surface area (Å²) in [7, 11) is 0. The van der Waals surface area contributed by atoms with E-state index in [-0.39, 0.29) is 22.5 Å². The molecule has 1 heterocycles. The molecule has 3 N–H and O–H groups in total. The molecule has 1 aromatic carbocycles. The molecule has 0 aliphatic carbocycles. The van der Waals surface area contributed by atoms with Gasteiger partial charge < -0.3 is 15.5 Å². The number of nitriles is 3. The number of benzene rings is 1. The highest BCUT2D eigenvalue weighted by molar-refractivity contribution is 9.10. The van der Waals surface area contributed by atoms with E-state index in [9.17, 15) is 15.3 Å². The van der Waals surface area contributed by atoms with Gasteiger partial charge in [-0.15, -0.1) is 0 Å². The van der Waals surface area contributed by atoms with Crippen LogP contribution in [0.2, 0.25) is 0 Å². The smallest absolute Gasteiger partial charge is 0.268 e. The van der Waals surface area contributed by atoms with Crippen LogP contribution in [0.4, 0.5) is 5.82 Å². The summed E-state index contributed by atoms with van der Waals surface area (Å²) in [6.07, 6.45) is 1.82. The average Bonchev–Trinajstić information content (AvgIpc) is 2.62. The minimum absolute atomic E-state index is 0.00794. The van der Waals surface area contributed by atoms with Crippen LogP contribution in [0.25, 0.3) is 11.1 Å². The first-order valence-corrected chi connectivity index (χ1v) is 8.48. The Bertz CT molecular complexity index is 1010. The molecule has 0 aliphatic rings. The van der Waals surface area contributed by atoms with E-state index in [0.29, 0.717) is 41.7 Å². The van der Waals surface area contributed by atoms with Crippen molar-refractivity contribution in [3.05, 3.63) is 44.2 Å². The summed E-state index contributed by atoms with van der Waals surface area (Å²) >= 11 is 3.35. The SMILES string of the molecule is N#CCCCCOc1ccc(Br)cc1-c1c(C#N)c(N)[nH]c(=O)c1C#N. The van der Waals surface area contributed by atoms with Crippen LogP contribution in [0.5, 0.6) is 5.75 Å². The average molecular weight is 412 g/mol. The molecule has 0 aliphatic heterocycles. The maximum absolute atomic E-state index is 12.1. The fourth-order valence-corrected chi connectivity index (χ4v) is 2.79. The third kappa shape index (κ3) is 4.03. The van der Waals surface area contributed by atoms with Gasteiger partial charge >= 0.3 is 0 Å². The summed E-state index contributed by atoms with van der Waals surface area (Å²) in [6.45, 7) is 0.360. The Hall–Kier alpha value is -3.28. The van der Waals surface area contributed by atoms with E-state index in [2.05, 4.69) is 27.0 Å². The maximum atomic E-state index is 12.1. The molecule has 0 atom stereocenters. The molecule has 26 heavy (non-hydrogen) atoms. The van der Waals surface area contributed by atoms with E-state index in [1.165, 1.54) is 0 Å². The van der Waals surface area contributed by atoms with Gasteiger partial charge in [0.15, 0.2) is 0 Å². The van der Waals surface area contributed by atoms with Crippen LogP contribution in [0, 0.1) is 34.0 Å². The number of ether oxygens (including phenoxy) is 1. The normalized spacial score (nSPS) is 9.77. The number of nitrogen functional groups attached to an aromatic ring is 1. The predicted molar refractivity (Wildman–Crippen MR) is 99.0 cm³/mol. The molecular formula is C18H14BrN5O2. The Kier molecular flexibility index (Phi) is 6.38. The van der Waals surface area contributed by atoms with Crippen LogP contribution in [0.15, 0.2) is 27.5 Å². The Balaban J connectivity index is 2.57. The summed E-state index contributed by atoms with van der Waals surface area (Å²) in [5, 5.41) is 27.4. The van der Waals surface area contributed by atoms with E-state index in [4.69, 9.17) is 15.7 Å². The van der Waals surface area contributed by atoms with Crippen molar-refractivity contribution in [3.8, 4) is 35.1 Å². The van der Waals surface area contributed by atoms with Crippen LogP contribution in [-0.4, -0.2) is 11.6 Å². The number of rotatable bonds is 6. The molecule has 1 aromatic heterocycles. The third-order valence-electron chi connectivity index (χ3n) is 3.62. The van der Waals surface area contributed by atoms with Crippen molar-refractivity contribution < 1.29 is 4.74 Å². The molecule has 0 radical (unpaired) electrons. The number of hydrogen-bond donors (Lipinski definition) is 2. The molecule has 2 rings (SSSR count). The zero-order valence-corrected chi connectivity index (χ0v) is 15.3. The largest absolute Gasteiger partial charge is 0.493 e. The minimum Gasteiger partial charge on any atom is -0.493 e. The molecule has 0 saturated carbocycles. The van der Waals surface area contributed by atoms with E-state index >= 15 is 0 Å². The van der Waals surface area contributed by atoms with Crippen molar-refractivity contribution in [2.24, 2.45) is 0 Å².